The zero-order chi connectivity index (χ0) is 37.5. The monoisotopic (exact) mass is 718 g/mol. The van der Waals surface area contributed by atoms with Gasteiger partial charge in [-0.15, -0.1) is 0 Å². The molecule has 12 nitrogen and oxygen atoms in total. The molecule has 12 heteroatoms. The Morgan fingerprint density at radius 2 is 1.57 bits per heavy atom. The minimum absolute atomic E-state index is 0.145. The molecule has 0 bridgehead atoms. The Hall–Kier alpha value is -6.53. The SMILES string of the molecule is COc1cc(-c2ccc(OC(=O)c3ccc([NH2+]Nc4cc5c(cc4OC)N(C)CCC5)cc3OC)cc2OC)ccc1/C=C/c1ccc([N+](=O)O)cc1. The van der Waals surface area contributed by atoms with Crippen LogP contribution < -0.4 is 39.4 Å². The van der Waals surface area contributed by atoms with E-state index in [1.165, 1.54) is 30.5 Å². The van der Waals surface area contributed by atoms with Crippen LogP contribution in [0.4, 0.5) is 22.7 Å². The van der Waals surface area contributed by atoms with Crippen LogP contribution in [0, 0.1) is 4.91 Å². The van der Waals surface area contributed by atoms with Crippen LogP contribution in [0.5, 0.6) is 28.7 Å². The van der Waals surface area contributed by atoms with Gasteiger partial charge in [0, 0.05) is 66.8 Å². The average Bonchev–Trinajstić information content (AvgIpc) is 3.18. The zero-order valence-corrected chi connectivity index (χ0v) is 30.2. The van der Waals surface area contributed by atoms with Crippen LogP contribution in [0.15, 0.2) is 91.0 Å². The molecular formula is C41H42N4O8+2. The summed E-state index contributed by atoms with van der Waals surface area (Å²) in [5.74, 6) is 1.97. The Balaban J connectivity index is 1.14. The fourth-order valence-electron chi connectivity index (χ4n) is 6.26. The minimum Gasteiger partial charge on any atom is -0.496 e. The van der Waals surface area contributed by atoms with Gasteiger partial charge >= 0.3 is 11.7 Å². The van der Waals surface area contributed by atoms with Crippen molar-refractivity contribution in [3.05, 3.63) is 118 Å². The number of carbonyl (C=O) groups is 1. The third-order valence-electron chi connectivity index (χ3n) is 9.09. The minimum atomic E-state index is -0.578. The van der Waals surface area contributed by atoms with Crippen molar-refractivity contribution < 1.29 is 44.0 Å². The van der Waals surface area contributed by atoms with Gasteiger partial charge in [0.05, 0.1) is 33.3 Å². The maximum atomic E-state index is 13.4. The Bertz CT molecular complexity index is 2170. The smallest absolute Gasteiger partial charge is 0.347 e. The van der Waals surface area contributed by atoms with Crippen LogP contribution in [0.1, 0.15) is 33.5 Å². The lowest BCUT2D eigenvalue weighted by molar-refractivity contribution is -0.729. The number of fused-ring (bicyclic) bond motifs is 1. The molecule has 5 aromatic carbocycles. The van der Waals surface area contributed by atoms with Crippen LogP contribution in [0.25, 0.3) is 23.3 Å². The van der Waals surface area contributed by atoms with Gasteiger partial charge in [0.15, 0.2) is 5.69 Å². The summed E-state index contributed by atoms with van der Waals surface area (Å²) in [4.78, 5) is 26.5. The fourth-order valence-corrected chi connectivity index (χ4v) is 6.26. The van der Waals surface area contributed by atoms with Gasteiger partial charge in [0.1, 0.15) is 40.0 Å². The molecule has 5 aromatic rings. The van der Waals surface area contributed by atoms with Gasteiger partial charge in [-0.1, -0.05) is 24.3 Å². The van der Waals surface area contributed by atoms with Gasteiger partial charge in [-0.05, 0) is 72.0 Å². The van der Waals surface area contributed by atoms with E-state index in [1.807, 2.05) is 47.9 Å². The first-order valence-electron chi connectivity index (χ1n) is 16.9. The molecule has 0 atom stereocenters. The van der Waals surface area contributed by atoms with E-state index in [4.69, 9.17) is 28.9 Å². The van der Waals surface area contributed by atoms with E-state index in [1.54, 1.807) is 57.7 Å². The van der Waals surface area contributed by atoms with Crippen LogP contribution >= 0.6 is 0 Å². The Morgan fingerprint density at radius 3 is 2.28 bits per heavy atom. The number of hydrogen-bond acceptors (Lipinski definition) is 9. The maximum Gasteiger partial charge on any atom is 0.347 e. The molecule has 0 amide bonds. The average molecular weight is 719 g/mol. The van der Waals surface area contributed by atoms with Crippen molar-refractivity contribution >= 4 is 40.9 Å². The summed E-state index contributed by atoms with van der Waals surface area (Å²) in [6, 6.07) is 26.9. The van der Waals surface area contributed by atoms with Gasteiger partial charge in [-0.25, -0.2) is 20.9 Å². The molecule has 6 rings (SSSR count). The topological polar surface area (TPSA) is 135 Å². The van der Waals surface area contributed by atoms with Crippen molar-refractivity contribution in [2.24, 2.45) is 0 Å². The standard InChI is InChI=1S/C41H40N4O8/c1-44-20-6-7-29-21-35(40(52-5)25-36(29)44)43-42-30-14-18-34(38(23-30)50-3)41(46)53-32-17-19-33(39(24-32)51-4)28-13-12-27(37(22-28)49-2)11-8-26-9-15-31(16-10-26)45(47)48/h8-19,21-25,43H,6-7,20H2,1-5H3,(H-,42,46,47,48)/p+2/b11-8+. The van der Waals surface area contributed by atoms with E-state index in [2.05, 4.69) is 29.5 Å². The number of aryl methyl sites for hydroxylation is 1. The van der Waals surface area contributed by atoms with E-state index in [0.29, 0.717) is 23.0 Å². The van der Waals surface area contributed by atoms with E-state index in [9.17, 15) is 9.70 Å². The first-order valence-corrected chi connectivity index (χ1v) is 16.9. The molecule has 53 heavy (non-hydrogen) atoms. The summed E-state index contributed by atoms with van der Waals surface area (Å²) < 4.78 is 28.4. The van der Waals surface area contributed by atoms with Crippen LogP contribution in [-0.4, -0.2) is 58.1 Å². The molecular weight excluding hydrogens is 676 g/mol. The lowest BCUT2D eigenvalue weighted by atomic mass is 10.0. The van der Waals surface area contributed by atoms with Gasteiger partial charge in [0.25, 0.3) is 4.92 Å². The molecule has 1 aliphatic rings. The second-order valence-corrected chi connectivity index (χ2v) is 12.4. The number of benzene rings is 5. The number of rotatable bonds is 13. The number of anilines is 2. The number of nitrogens with two attached hydrogens (primary N) is 1. The Morgan fingerprint density at radius 1 is 0.811 bits per heavy atom. The molecule has 0 radical (unpaired) electrons. The molecule has 0 saturated carbocycles. The molecule has 0 aliphatic carbocycles. The molecule has 272 valence electrons. The lowest BCUT2D eigenvalue weighted by Crippen LogP contribution is -2.82. The summed E-state index contributed by atoms with van der Waals surface area (Å²) in [5, 5.41) is 9.06. The Kier molecular flexibility index (Phi) is 11.1. The summed E-state index contributed by atoms with van der Waals surface area (Å²) in [5.41, 5.74) is 13.0. The van der Waals surface area contributed by atoms with E-state index in [0.717, 1.165) is 58.8 Å². The first-order chi connectivity index (χ1) is 25.7. The lowest BCUT2D eigenvalue weighted by Gasteiger charge is -2.28. The number of quaternary nitrogens is 1. The van der Waals surface area contributed by atoms with Gasteiger partial charge in [0.2, 0.25) is 0 Å². The van der Waals surface area contributed by atoms with Crippen molar-refractivity contribution in [1.29, 1.82) is 0 Å². The van der Waals surface area contributed by atoms with Crippen molar-refractivity contribution in [2.75, 3.05) is 52.4 Å². The number of nitrogen functional groups attached to an aromatic ring is 1. The third kappa shape index (κ3) is 8.18. The highest BCUT2D eigenvalue weighted by Gasteiger charge is 2.21. The largest absolute Gasteiger partial charge is 0.496 e. The predicted molar refractivity (Wildman–Crippen MR) is 203 cm³/mol. The predicted octanol–water partition coefficient (Wildman–Crippen LogP) is 7.18. The Labute approximate surface area is 307 Å². The summed E-state index contributed by atoms with van der Waals surface area (Å²) in [6.07, 6.45) is 5.88. The second kappa shape index (κ2) is 16.2. The van der Waals surface area contributed by atoms with Crippen LogP contribution in [-0.2, 0) is 6.42 Å². The number of esters is 1. The number of nitrogens with zero attached hydrogens (tertiary/aromatic N) is 2. The van der Waals surface area contributed by atoms with Crippen molar-refractivity contribution in [1.82, 2.24) is 0 Å². The highest BCUT2D eigenvalue weighted by atomic mass is 16.6. The number of carbonyl (C=O) groups excluding carboxylic acids is 1. The highest BCUT2D eigenvalue weighted by Crippen LogP contribution is 2.38. The first kappa shape index (κ1) is 36.3. The van der Waals surface area contributed by atoms with E-state index in [-0.39, 0.29) is 16.2 Å². The summed E-state index contributed by atoms with van der Waals surface area (Å²) in [6.45, 7) is 1.02. The molecule has 0 fully saturated rings. The number of hydrogen-bond donors (Lipinski definition) is 3. The van der Waals surface area contributed by atoms with Crippen molar-refractivity contribution in [3.63, 3.8) is 0 Å². The maximum absolute atomic E-state index is 13.4. The van der Waals surface area contributed by atoms with Crippen LogP contribution in [0.2, 0.25) is 0 Å². The van der Waals surface area contributed by atoms with Gasteiger partial charge < -0.3 is 28.6 Å². The number of nitrogens with one attached hydrogen (secondary N) is 1. The molecule has 1 heterocycles. The number of ether oxygens (including phenoxy) is 5. The summed E-state index contributed by atoms with van der Waals surface area (Å²) >= 11 is 0. The van der Waals surface area contributed by atoms with Gasteiger partial charge in [-0.2, -0.15) is 0 Å². The quantitative estimate of drug-likeness (QED) is 0.0287. The van der Waals surface area contributed by atoms with E-state index < -0.39 is 5.97 Å². The molecule has 0 unspecified atom stereocenters. The third-order valence-corrected chi connectivity index (χ3v) is 9.09. The molecule has 1 aliphatic heterocycles. The molecule has 0 aromatic heterocycles. The van der Waals surface area contributed by atoms with Crippen LogP contribution in [0.3, 0.4) is 0 Å². The summed E-state index contributed by atoms with van der Waals surface area (Å²) in [7, 11) is 8.41. The van der Waals surface area contributed by atoms with E-state index >= 15 is 0 Å². The normalized spacial score (nSPS) is 12.2. The second-order valence-electron chi connectivity index (χ2n) is 12.4. The van der Waals surface area contributed by atoms with Crippen molar-refractivity contribution in [2.45, 2.75) is 12.8 Å². The number of methoxy groups -OCH3 is 4. The molecule has 4 N–H and O–H groups in total. The molecule has 0 saturated heterocycles. The van der Waals surface area contributed by atoms with Gasteiger partial charge in [-0.3, -0.25) is 0 Å². The van der Waals surface area contributed by atoms with Crippen molar-refractivity contribution in [3.8, 4) is 39.9 Å². The molecule has 0 spiro atoms. The zero-order valence-electron chi connectivity index (χ0n) is 30.2. The fraction of sp³-hybridized carbons (Fsp3) is 0.195. The highest BCUT2D eigenvalue weighted by molar-refractivity contribution is 5.94.